The molecule has 2 aromatic carbocycles. The molecule has 0 spiro atoms. The van der Waals surface area contributed by atoms with Crippen molar-refractivity contribution in [3.05, 3.63) is 52.3 Å². The van der Waals surface area contributed by atoms with Gasteiger partial charge < -0.3 is 4.57 Å². The Bertz CT molecular complexity index is 810. The molecule has 0 N–H and O–H groups in total. The van der Waals surface area contributed by atoms with Gasteiger partial charge >= 0.3 is 0 Å². The molecule has 0 aliphatic rings. The van der Waals surface area contributed by atoms with Crippen LogP contribution in [0.25, 0.3) is 22.4 Å². The average Bonchev–Trinajstić information content (AvgIpc) is 2.84. The molecule has 0 amide bonds. The fraction of sp³-hybridized carbons (Fsp3) is 0.235. The molecule has 2 nitrogen and oxygen atoms in total. The lowest BCUT2D eigenvalue weighted by Gasteiger charge is -2.09. The van der Waals surface area contributed by atoms with Crippen molar-refractivity contribution in [2.24, 2.45) is 0 Å². The van der Waals surface area contributed by atoms with Crippen LogP contribution in [0.15, 0.2) is 36.4 Å². The van der Waals surface area contributed by atoms with Crippen LogP contribution in [0.5, 0.6) is 0 Å². The lowest BCUT2D eigenvalue weighted by atomic mass is 10.2. The monoisotopic (exact) mass is 336 g/mol. The Morgan fingerprint density at radius 1 is 1.09 bits per heavy atom. The second kappa shape index (κ2) is 6.27. The molecule has 0 bridgehead atoms. The molecule has 22 heavy (non-hydrogen) atoms. The van der Waals surface area contributed by atoms with Crippen LogP contribution in [0, 0.1) is 5.82 Å². The van der Waals surface area contributed by atoms with Crippen LogP contribution in [0.4, 0.5) is 4.39 Å². The summed E-state index contributed by atoms with van der Waals surface area (Å²) >= 11 is 12.2. The highest BCUT2D eigenvalue weighted by Crippen LogP contribution is 2.31. The van der Waals surface area contributed by atoms with Gasteiger partial charge in [-0.2, -0.15) is 0 Å². The summed E-state index contributed by atoms with van der Waals surface area (Å²) in [6.45, 7) is 2.97. The van der Waals surface area contributed by atoms with Crippen molar-refractivity contribution in [1.82, 2.24) is 9.55 Å². The number of aryl methyl sites for hydroxylation is 1. The average molecular weight is 337 g/mol. The smallest absolute Gasteiger partial charge is 0.141 e. The van der Waals surface area contributed by atoms with Gasteiger partial charge in [0.25, 0.3) is 0 Å². The maximum Gasteiger partial charge on any atom is 0.141 e. The molecule has 0 saturated heterocycles. The summed E-state index contributed by atoms with van der Waals surface area (Å²) in [5.74, 6) is 0.549. The molecule has 3 aromatic rings. The normalized spacial score (nSPS) is 11.3. The lowest BCUT2D eigenvalue weighted by molar-refractivity contribution is 0.627. The summed E-state index contributed by atoms with van der Waals surface area (Å²) in [4.78, 5) is 4.66. The van der Waals surface area contributed by atoms with E-state index in [9.17, 15) is 4.39 Å². The predicted molar refractivity (Wildman–Crippen MR) is 90.1 cm³/mol. The minimum absolute atomic E-state index is 0.258. The van der Waals surface area contributed by atoms with Crippen LogP contribution >= 0.6 is 23.2 Å². The largest absolute Gasteiger partial charge is 0.324 e. The number of benzene rings is 2. The third kappa shape index (κ3) is 2.83. The van der Waals surface area contributed by atoms with Gasteiger partial charge in [-0.05, 0) is 42.8 Å². The van der Waals surface area contributed by atoms with Crippen LogP contribution in [-0.4, -0.2) is 9.55 Å². The fourth-order valence-electron chi connectivity index (χ4n) is 2.48. The van der Waals surface area contributed by atoms with Crippen molar-refractivity contribution >= 4 is 34.2 Å². The number of nitrogens with zero attached hydrogens (tertiary/aromatic N) is 2. The summed E-state index contributed by atoms with van der Waals surface area (Å²) in [6, 6.07) is 9.98. The zero-order valence-electron chi connectivity index (χ0n) is 12.1. The maximum atomic E-state index is 13.2. The van der Waals surface area contributed by atoms with Gasteiger partial charge in [0, 0.05) is 12.1 Å². The Kier molecular flexibility index (Phi) is 4.37. The van der Waals surface area contributed by atoms with Gasteiger partial charge in [-0.1, -0.05) is 36.5 Å². The molecule has 0 unspecified atom stereocenters. The topological polar surface area (TPSA) is 17.8 Å². The van der Waals surface area contributed by atoms with Crippen molar-refractivity contribution in [2.75, 3.05) is 0 Å². The van der Waals surface area contributed by atoms with Gasteiger partial charge in [-0.15, -0.1) is 0 Å². The number of rotatable bonds is 4. The number of unbranched alkanes of at least 4 members (excludes halogenated alkanes) is 1. The van der Waals surface area contributed by atoms with Gasteiger partial charge in [0.1, 0.15) is 11.6 Å². The zero-order valence-corrected chi connectivity index (χ0v) is 13.6. The summed E-state index contributed by atoms with van der Waals surface area (Å²) in [6.07, 6.45) is 2.10. The molecular formula is C17H15Cl2FN2. The molecule has 5 heteroatoms. The minimum atomic E-state index is -0.258. The molecule has 0 aliphatic carbocycles. The Hall–Kier alpha value is -1.58. The summed E-state index contributed by atoms with van der Waals surface area (Å²) < 4.78 is 15.3. The highest BCUT2D eigenvalue weighted by Gasteiger charge is 2.14. The second-order valence-electron chi connectivity index (χ2n) is 5.20. The van der Waals surface area contributed by atoms with Gasteiger partial charge in [0.15, 0.2) is 0 Å². The first kappa shape index (κ1) is 15.3. The van der Waals surface area contributed by atoms with E-state index in [4.69, 9.17) is 23.2 Å². The first-order chi connectivity index (χ1) is 10.6. The van der Waals surface area contributed by atoms with E-state index in [1.165, 1.54) is 12.1 Å². The SMILES string of the molecule is CCCCn1c(-c2ccc(F)cc2)nc2cc(Cl)c(Cl)cc21. The van der Waals surface area contributed by atoms with E-state index in [1.54, 1.807) is 18.2 Å². The highest BCUT2D eigenvalue weighted by atomic mass is 35.5. The number of fused-ring (bicyclic) bond motifs is 1. The molecule has 0 saturated carbocycles. The number of halogens is 3. The third-order valence-electron chi connectivity index (χ3n) is 3.63. The van der Waals surface area contributed by atoms with E-state index >= 15 is 0 Å². The molecule has 3 rings (SSSR count). The van der Waals surface area contributed by atoms with E-state index in [-0.39, 0.29) is 5.82 Å². The minimum Gasteiger partial charge on any atom is -0.324 e. The molecule has 0 atom stereocenters. The Morgan fingerprint density at radius 3 is 2.45 bits per heavy atom. The molecule has 1 heterocycles. The second-order valence-corrected chi connectivity index (χ2v) is 6.02. The van der Waals surface area contributed by atoms with Gasteiger partial charge in [-0.3, -0.25) is 0 Å². The van der Waals surface area contributed by atoms with Crippen LogP contribution in [-0.2, 0) is 6.54 Å². The summed E-state index contributed by atoms with van der Waals surface area (Å²) in [5.41, 5.74) is 2.62. The highest BCUT2D eigenvalue weighted by molar-refractivity contribution is 6.42. The first-order valence-corrected chi connectivity index (χ1v) is 7.97. The van der Waals surface area contributed by atoms with Crippen molar-refractivity contribution in [3.63, 3.8) is 0 Å². The Morgan fingerprint density at radius 2 is 1.77 bits per heavy atom. The standard InChI is InChI=1S/C17H15Cl2FN2/c1-2-3-8-22-16-10-14(19)13(18)9-15(16)21-17(22)11-4-6-12(20)7-5-11/h4-7,9-10H,2-3,8H2,1H3. The van der Waals surface area contributed by atoms with Crippen LogP contribution < -0.4 is 0 Å². The van der Waals surface area contributed by atoms with Gasteiger partial charge in [-0.25, -0.2) is 9.37 Å². The summed E-state index contributed by atoms with van der Waals surface area (Å²) in [5, 5.41) is 0.998. The van der Waals surface area contributed by atoms with E-state index in [2.05, 4.69) is 16.5 Å². The molecule has 0 radical (unpaired) electrons. The molecule has 114 valence electrons. The maximum absolute atomic E-state index is 13.2. The van der Waals surface area contributed by atoms with Crippen molar-refractivity contribution in [2.45, 2.75) is 26.3 Å². The summed E-state index contributed by atoms with van der Waals surface area (Å²) in [7, 11) is 0. The fourth-order valence-corrected chi connectivity index (χ4v) is 2.80. The zero-order chi connectivity index (χ0) is 15.7. The number of imidazole rings is 1. The lowest BCUT2D eigenvalue weighted by Crippen LogP contribution is -2.00. The predicted octanol–water partition coefficient (Wildman–Crippen LogP) is 5.95. The van der Waals surface area contributed by atoms with Crippen molar-refractivity contribution < 1.29 is 4.39 Å². The van der Waals surface area contributed by atoms with Gasteiger partial charge in [0.2, 0.25) is 0 Å². The van der Waals surface area contributed by atoms with E-state index in [0.29, 0.717) is 10.0 Å². The van der Waals surface area contributed by atoms with Gasteiger partial charge in [0.05, 0.1) is 21.1 Å². The van der Waals surface area contributed by atoms with Crippen molar-refractivity contribution in [3.8, 4) is 11.4 Å². The van der Waals surface area contributed by atoms with E-state index in [0.717, 1.165) is 41.8 Å². The number of aromatic nitrogens is 2. The Balaban J connectivity index is 2.21. The molecule has 0 aliphatic heterocycles. The van der Waals surface area contributed by atoms with Crippen LogP contribution in [0.2, 0.25) is 10.0 Å². The Labute approximate surface area is 138 Å². The molecule has 1 aromatic heterocycles. The molecule has 0 fully saturated rings. The quantitative estimate of drug-likeness (QED) is 0.575. The van der Waals surface area contributed by atoms with Crippen molar-refractivity contribution in [1.29, 1.82) is 0 Å². The van der Waals surface area contributed by atoms with E-state index < -0.39 is 0 Å². The van der Waals surface area contributed by atoms with E-state index in [1.807, 2.05) is 6.07 Å². The number of hydrogen-bond donors (Lipinski definition) is 0. The van der Waals surface area contributed by atoms with Crippen LogP contribution in [0.1, 0.15) is 19.8 Å². The third-order valence-corrected chi connectivity index (χ3v) is 4.35. The molecular weight excluding hydrogens is 322 g/mol. The first-order valence-electron chi connectivity index (χ1n) is 7.21. The van der Waals surface area contributed by atoms with Crippen LogP contribution in [0.3, 0.4) is 0 Å². The number of hydrogen-bond acceptors (Lipinski definition) is 1.